The van der Waals surface area contributed by atoms with Crippen molar-refractivity contribution in [2.45, 2.75) is 13.8 Å². The Morgan fingerprint density at radius 1 is 1.67 bits per heavy atom. The summed E-state index contributed by atoms with van der Waals surface area (Å²) in [6, 6.07) is 1.76. The molecule has 3 nitrogen and oxygen atoms in total. The molecule has 2 N–H and O–H groups in total. The summed E-state index contributed by atoms with van der Waals surface area (Å²) in [5.74, 6) is 1.85. The van der Waals surface area contributed by atoms with Crippen LogP contribution >= 0.6 is 0 Å². The van der Waals surface area contributed by atoms with E-state index < -0.39 is 0 Å². The molecule has 1 aromatic rings. The molecule has 0 fully saturated rings. The number of aromatic nitrogens is 1. The van der Waals surface area contributed by atoms with Crippen molar-refractivity contribution in [1.29, 1.82) is 0 Å². The van der Waals surface area contributed by atoms with E-state index in [2.05, 4.69) is 11.6 Å². The van der Waals surface area contributed by atoms with Gasteiger partial charge in [-0.1, -0.05) is 6.58 Å². The molecule has 0 saturated heterocycles. The highest BCUT2D eigenvalue weighted by Crippen LogP contribution is 2.21. The van der Waals surface area contributed by atoms with E-state index in [1.165, 1.54) is 0 Å². The van der Waals surface area contributed by atoms with Crippen molar-refractivity contribution in [3.8, 4) is 5.75 Å². The molecule has 64 valence electrons. The predicted molar refractivity (Wildman–Crippen MR) is 48.8 cm³/mol. The number of ether oxygens (including phenoxy) is 1. The second-order valence-electron chi connectivity index (χ2n) is 2.62. The summed E-state index contributed by atoms with van der Waals surface area (Å²) < 4.78 is 5.31. The Labute approximate surface area is 71.9 Å². The molecule has 0 aliphatic heterocycles. The summed E-state index contributed by atoms with van der Waals surface area (Å²) in [5.41, 5.74) is 6.42. The first-order valence-corrected chi connectivity index (χ1v) is 3.65. The third-order valence-corrected chi connectivity index (χ3v) is 1.48. The average molecular weight is 164 g/mol. The van der Waals surface area contributed by atoms with Gasteiger partial charge < -0.3 is 10.5 Å². The first-order chi connectivity index (χ1) is 5.61. The van der Waals surface area contributed by atoms with Crippen molar-refractivity contribution in [2.24, 2.45) is 0 Å². The van der Waals surface area contributed by atoms with Crippen LogP contribution in [0.3, 0.4) is 0 Å². The molecule has 0 aromatic carbocycles. The standard InChI is InChI=1S/C9H12N2O/c1-6(2)12-8-4-5-11-9(10)7(8)3/h4-5H,1H2,2-3H3,(H2,10,11). The smallest absolute Gasteiger partial charge is 0.134 e. The maximum absolute atomic E-state index is 5.58. The van der Waals surface area contributed by atoms with Gasteiger partial charge in [-0.15, -0.1) is 0 Å². The Balaban J connectivity index is 3.00. The lowest BCUT2D eigenvalue weighted by Crippen LogP contribution is -1.97. The third kappa shape index (κ3) is 1.75. The number of nitrogens with two attached hydrogens (primary N) is 1. The van der Waals surface area contributed by atoms with Crippen LogP contribution in [0.2, 0.25) is 0 Å². The second kappa shape index (κ2) is 3.26. The number of hydrogen-bond acceptors (Lipinski definition) is 3. The summed E-state index contributed by atoms with van der Waals surface area (Å²) >= 11 is 0. The van der Waals surface area contributed by atoms with E-state index >= 15 is 0 Å². The highest BCUT2D eigenvalue weighted by molar-refractivity contribution is 5.47. The first-order valence-electron chi connectivity index (χ1n) is 3.65. The maximum atomic E-state index is 5.58. The van der Waals surface area contributed by atoms with Crippen LogP contribution < -0.4 is 10.5 Å². The predicted octanol–water partition coefficient (Wildman–Crippen LogP) is 1.88. The lowest BCUT2D eigenvalue weighted by atomic mass is 10.2. The van der Waals surface area contributed by atoms with Gasteiger partial charge in [0.2, 0.25) is 0 Å². The third-order valence-electron chi connectivity index (χ3n) is 1.48. The molecule has 0 radical (unpaired) electrons. The Morgan fingerprint density at radius 3 is 2.92 bits per heavy atom. The van der Waals surface area contributed by atoms with Crippen LogP contribution in [0.25, 0.3) is 0 Å². The number of hydrogen-bond donors (Lipinski definition) is 1. The minimum atomic E-state index is 0.494. The van der Waals surface area contributed by atoms with Gasteiger partial charge in [-0.05, 0) is 19.9 Å². The fraction of sp³-hybridized carbons (Fsp3) is 0.222. The summed E-state index contributed by atoms with van der Waals surface area (Å²) in [4.78, 5) is 3.91. The quantitative estimate of drug-likeness (QED) is 0.679. The Bertz CT molecular complexity index is 307. The molecule has 0 unspecified atom stereocenters. The second-order valence-corrected chi connectivity index (χ2v) is 2.62. The van der Waals surface area contributed by atoms with Gasteiger partial charge in [0.1, 0.15) is 11.6 Å². The summed E-state index contributed by atoms with van der Waals surface area (Å²) in [6.45, 7) is 7.29. The van der Waals surface area contributed by atoms with E-state index in [0.717, 1.165) is 11.3 Å². The Morgan fingerprint density at radius 2 is 2.33 bits per heavy atom. The fourth-order valence-electron chi connectivity index (χ4n) is 0.832. The number of nitrogen functional groups attached to an aromatic ring is 1. The van der Waals surface area contributed by atoms with E-state index in [1.54, 1.807) is 19.2 Å². The van der Waals surface area contributed by atoms with E-state index in [9.17, 15) is 0 Å². The van der Waals surface area contributed by atoms with Crippen LogP contribution in [-0.4, -0.2) is 4.98 Å². The molecule has 0 amide bonds. The van der Waals surface area contributed by atoms with Crippen LogP contribution in [0, 0.1) is 6.92 Å². The van der Waals surface area contributed by atoms with Crippen LogP contribution in [-0.2, 0) is 0 Å². The SMILES string of the molecule is C=C(C)Oc1ccnc(N)c1C. The van der Waals surface area contributed by atoms with Crippen molar-refractivity contribution in [3.05, 3.63) is 30.2 Å². The molecule has 1 aromatic heterocycles. The van der Waals surface area contributed by atoms with Crippen molar-refractivity contribution in [3.63, 3.8) is 0 Å². The largest absolute Gasteiger partial charge is 0.462 e. The van der Waals surface area contributed by atoms with Gasteiger partial charge in [-0.3, -0.25) is 0 Å². The molecule has 1 rings (SSSR count). The van der Waals surface area contributed by atoms with Crippen molar-refractivity contribution in [2.75, 3.05) is 5.73 Å². The Kier molecular flexibility index (Phi) is 2.33. The maximum Gasteiger partial charge on any atom is 0.134 e. The van der Waals surface area contributed by atoms with Crippen LogP contribution in [0.15, 0.2) is 24.6 Å². The van der Waals surface area contributed by atoms with Gasteiger partial charge in [0.25, 0.3) is 0 Å². The minimum absolute atomic E-state index is 0.494. The minimum Gasteiger partial charge on any atom is -0.462 e. The number of rotatable bonds is 2. The van der Waals surface area contributed by atoms with E-state index in [1.807, 2.05) is 6.92 Å². The summed E-state index contributed by atoms with van der Waals surface area (Å²) in [7, 11) is 0. The molecule has 0 aliphatic carbocycles. The van der Waals surface area contributed by atoms with Gasteiger partial charge in [-0.2, -0.15) is 0 Å². The molecule has 12 heavy (non-hydrogen) atoms. The molecule has 0 aliphatic rings. The molecule has 0 saturated carbocycles. The van der Waals surface area contributed by atoms with Crippen LogP contribution in [0.5, 0.6) is 5.75 Å². The lowest BCUT2D eigenvalue weighted by molar-refractivity contribution is 0.427. The highest BCUT2D eigenvalue weighted by Gasteiger charge is 2.02. The zero-order chi connectivity index (χ0) is 9.14. The molecule has 1 heterocycles. The normalized spacial score (nSPS) is 9.50. The zero-order valence-electron chi connectivity index (χ0n) is 7.29. The van der Waals surface area contributed by atoms with Gasteiger partial charge in [-0.25, -0.2) is 4.98 Å². The molecule has 0 bridgehead atoms. The number of anilines is 1. The topological polar surface area (TPSA) is 48.1 Å². The molecular weight excluding hydrogens is 152 g/mol. The fourth-order valence-corrected chi connectivity index (χ4v) is 0.832. The molecular formula is C9H12N2O. The Hall–Kier alpha value is -1.51. The number of allylic oxidation sites excluding steroid dienone is 1. The highest BCUT2D eigenvalue weighted by atomic mass is 16.5. The molecule has 0 spiro atoms. The van der Waals surface area contributed by atoms with Gasteiger partial charge in [0.05, 0.1) is 5.76 Å². The monoisotopic (exact) mass is 164 g/mol. The zero-order valence-corrected chi connectivity index (χ0v) is 7.29. The number of pyridine rings is 1. The first kappa shape index (κ1) is 8.59. The van der Waals surface area contributed by atoms with Gasteiger partial charge in [0.15, 0.2) is 0 Å². The van der Waals surface area contributed by atoms with Crippen molar-refractivity contribution >= 4 is 5.82 Å². The van der Waals surface area contributed by atoms with E-state index in [0.29, 0.717) is 11.6 Å². The van der Waals surface area contributed by atoms with Crippen molar-refractivity contribution < 1.29 is 4.74 Å². The number of nitrogens with zero attached hydrogens (tertiary/aromatic N) is 1. The molecule has 0 atom stereocenters. The van der Waals surface area contributed by atoms with Gasteiger partial charge >= 0.3 is 0 Å². The summed E-state index contributed by atoms with van der Waals surface area (Å²) in [5, 5.41) is 0. The van der Waals surface area contributed by atoms with E-state index in [4.69, 9.17) is 10.5 Å². The van der Waals surface area contributed by atoms with Crippen molar-refractivity contribution in [1.82, 2.24) is 4.98 Å². The van der Waals surface area contributed by atoms with Crippen LogP contribution in [0.4, 0.5) is 5.82 Å². The van der Waals surface area contributed by atoms with E-state index in [-0.39, 0.29) is 0 Å². The molecule has 3 heteroatoms. The summed E-state index contributed by atoms with van der Waals surface area (Å²) in [6.07, 6.45) is 1.61. The van der Waals surface area contributed by atoms with Crippen LogP contribution in [0.1, 0.15) is 12.5 Å². The lowest BCUT2D eigenvalue weighted by Gasteiger charge is -2.08. The van der Waals surface area contributed by atoms with Gasteiger partial charge in [0, 0.05) is 11.8 Å². The average Bonchev–Trinajstić information content (AvgIpc) is 1.98.